The molecule has 0 N–H and O–H groups in total. The quantitative estimate of drug-likeness (QED) is 0.0506. The van der Waals surface area contributed by atoms with Crippen LogP contribution < -0.4 is 9.47 Å². The van der Waals surface area contributed by atoms with Gasteiger partial charge in [-0.05, 0) is 100 Å². The molecule has 7 rings (SSSR count). The van der Waals surface area contributed by atoms with Crippen molar-refractivity contribution in [2.45, 2.75) is 89.8 Å². The van der Waals surface area contributed by atoms with Crippen LogP contribution in [0, 0.1) is 0 Å². The molecule has 1 aliphatic heterocycles. The molecule has 0 atom stereocenters. The van der Waals surface area contributed by atoms with Crippen LogP contribution >= 0.6 is 15.9 Å². The first-order valence-electron chi connectivity index (χ1n) is 21.7. The Hall–Kier alpha value is -5.33. The van der Waals surface area contributed by atoms with Crippen molar-refractivity contribution in [1.29, 1.82) is 0 Å². The summed E-state index contributed by atoms with van der Waals surface area (Å²) in [6.45, 7) is 10.8. The van der Waals surface area contributed by atoms with Gasteiger partial charge in [0, 0.05) is 67.6 Å². The molecule has 6 aromatic rings. The van der Waals surface area contributed by atoms with Gasteiger partial charge < -0.3 is 33.2 Å². The van der Waals surface area contributed by atoms with Crippen molar-refractivity contribution in [1.82, 2.24) is 19.2 Å². The molecule has 328 valence electrons. The van der Waals surface area contributed by atoms with Crippen LogP contribution in [-0.2, 0) is 46.2 Å². The largest absolute Gasteiger partial charge is 0.493 e. The highest BCUT2D eigenvalue weighted by molar-refractivity contribution is 9.08. The molecule has 1 saturated heterocycles. The second kappa shape index (κ2) is 20.2. The molecule has 1 aliphatic rings. The molecule has 0 aliphatic carbocycles. The van der Waals surface area contributed by atoms with E-state index in [0.29, 0.717) is 55.9 Å². The minimum Gasteiger partial charge on any atom is -0.493 e. The minimum atomic E-state index is -0.618. The van der Waals surface area contributed by atoms with Gasteiger partial charge in [0.2, 0.25) is 0 Å². The van der Waals surface area contributed by atoms with Gasteiger partial charge in [0.15, 0.2) is 0 Å². The number of hydrogen-bond donors (Lipinski definition) is 0. The van der Waals surface area contributed by atoms with Crippen LogP contribution in [0.25, 0.3) is 32.8 Å². The predicted octanol–water partition coefficient (Wildman–Crippen LogP) is 11.0. The molecule has 0 saturated carbocycles. The number of benzene rings is 4. The number of nitrogens with zero attached hydrogens (tertiary/aromatic N) is 4. The smallest absolute Gasteiger partial charge is 0.410 e. The number of rotatable bonds is 17. The first kappa shape index (κ1) is 44.7. The fraction of sp³-hybridized carbons (Fsp3) is 0.420. The van der Waals surface area contributed by atoms with Crippen molar-refractivity contribution >= 4 is 49.7 Å². The first-order chi connectivity index (χ1) is 30.0. The minimum absolute atomic E-state index is 0.228. The number of para-hydroxylation sites is 1. The lowest BCUT2D eigenvalue weighted by atomic mass is 9.92. The summed E-state index contributed by atoms with van der Waals surface area (Å²) in [6.07, 6.45) is 3.45. The number of aryl methyl sites for hydroxylation is 3. The molecule has 62 heavy (non-hydrogen) atoms. The Morgan fingerprint density at radius 1 is 0.919 bits per heavy atom. The van der Waals surface area contributed by atoms with Crippen LogP contribution in [0.2, 0.25) is 0 Å². The zero-order chi connectivity index (χ0) is 43.8. The topological polar surface area (TPSA) is 106 Å². The highest BCUT2D eigenvalue weighted by Crippen LogP contribution is 2.40. The molecule has 11 nitrogen and oxygen atoms in total. The molecule has 0 radical (unpaired) electrons. The Morgan fingerprint density at radius 2 is 1.65 bits per heavy atom. The van der Waals surface area contributed by atoms with E-state index in [0.717, 1.165) is 87.3 Å². The molecular formula is C50H59BrN4O7. The normalized spacial score (nSPS) is 13.4. The van der Waals surface area contributed by atoms with Gasteiger partial charge >= 0.3 is 12.1 Å². The zero-order valence-electron chi connectivity index (χ0n) is 36.9. The van der Waals surface area contributed by atoms with Gasteiger partial charge in [0.1, 0.15) is 35.1 Å². The van der Waals surface area contributed by atoms with Crippen molar-refractivity contribution in [3.63, 3.8) is 0 Å². The van der Waals surface area contributed by atoms with Gasteiger partial charge in [-0.15, -0.1) is 0 Å². The molecular weight excluding hydrogens is 848 g/mol. The lowest BCUT2D eigenvalue weighted by Gasteiger charge is -2.24. The van der Waals surface area contributed by atoms with Gasteiger partial charge in [0.25, 0.3) is 0 Å². The Morgan fingerprint density at radius 3 is 2.39 bits per heavy atom. The molecule has 12 heteroatoms. The molecule has 2 aromatic heterocycles. The number of amides is 1. The van der Waals surface area contributed by atoms with E-state index in [9.17, 15) is 9.59 Å². The SMILES string of the molecule is CCOC(=O)c1c(CCCOc2cccc3ccccc23)c2cccc(-c3c(COc4ccc(C5CCOCC5)cc4)nn(C)c3CBr)c2n1CCCN(C)C(=O)OC(C)(C)C. The summed E-state index contributed by atoms with van der Waals surface area (Å²) in [6, 6.07) is 28.9. The van der Waals surface area contributed by atoms with Crippen LogP contribution in [-0.4, -0.2) is 76.9 Å². The van der Waals surface area contributed by atoms with Gasteiger partial charge in [-0.25, -0.2) is 9.59 Å². The van der Waals surface area contributed by atoms with E-state index in [1.54, 1.807) is 11.9 Å². The van der Waals surface area contributed by atoms with E-state index in [4.69, 9.17) is 28.8 Å². The van der Waals surface area contributed by atoms with Crippen molar-refractivity contribution < 1.29 is 33.3 Å². The Balaban J connectivity index is 1.25. The summed E-state index contributed by atoms with van der Waals surface area (Å²) < 4.78 is 33.9. The highest BCUT2D eigenvalue weighted by Gasteiger charge is 2.29. The summed E-state index contributed by atoms with van der Waals surface area (Å²) in [5, 5.41) is 8.69. The van der Waals surface area contributed by atoms with Crippen LogP contribution in [0.5, 0.6) is 11.5 Å². The maximum Gasteiger partial charge on any atom is 0.410 e. The van der Waals surface area contributed by atoms with Crippen molar-refractivity contribution in [3.05, 3.63) is 113 Å². The fourth-order valence-electron chi connectivity index (χ4n) is 8.44. The van der Waals surface area contributed by atoms with Crippen molar-refractivity contribution in [2.75, 3.05) is 40.0 Å². The average molecular weight is 908 g/mol. The maximum absolute atomic E-state index is 14.2. The van der Waals surface area contributed by atoms with E-state index >= 15 is 0 Å². The molecule has 0 bridgehead atoms. The third kappa shape index (κ3) is 10.3. The second-order valence-corrected chi connectivity index (χ2v) is 17.4. The van der Waals surface area contributed by atoms with Crippen LogP contribution in [0.15, 0.2) is 84.9 Å². The van der Waals surface area contributed by atoms with Crippen molar-refractivity contribution in [2.24, 2.45) is 7.05 Å². The number of carbonyl (C=O) groups is 2. The molecule has 3 heterocycles. The standard InChI is InChI=1S/C50H59BrN4O7/c1-7-59-48(56)47-40(19-12-29-60-44-20-10-15-36-14-8-9-16-38(36)44)39-17-11-18-41(46(39)55(47)28-13-27-53(5)49(57)62-50(2,3)4)45-42(52-54(6)43(45)32-51)33-61-37-23-21-34(22-24-37)35-25-30-58-31-26-35/h8-11,14-18,20-24,35H,7,12-13,19,25-33H2,1-6H3. The van der Waals surface area contributed by atoms with Crippen molar-refractivity contribution in [3.8, 4) is 22.6 Å². The predicted molar refractivity (Wildman–Crippen MR) is 248 cm³/mol. The van der Waals surface area contributed by atoms with Gasteiger partial charge in [-0.1, -0.05) is 82.7 Å². The molecule has 1 amide bonds. The second-order valence-electron chi connectivity index (χ2n) is 16.9. The molecule has 1 fully saturated rings. The number of ether oxygens (including phenoxy) is 5. The Bertz CT molecular complexity index is 2470. The van der Waals surface area contributed by atoms with E-state index in [1.807, 2.05) is 81.9 Å². The number of fused-ring (bicyclic) bond motifs is 2. The molecule has 0 spiro atoms. The number of hydrogen-bond acceptors (Lipinski definition) is 8. The summed E-state index contributed by atoms with van der Waals surface area (Å²) in [4.78, 5) is 28.8. The summed E-state index contributed by atoms with van der Waals surface area (Å²) in [7, 11) is 3.69. The average Bonchev–Trinajstić information content (AvgIpc) is 3.77. The van der Waals surface area contributed by atoms with E-state index in [-0.39, 0.29) is 19.2 Å². The number of halogens is 1. The zero-order valence-corrected chi connectivity index (χ0v) is 38.5. The Kier molecular flexibility index (Phi) is 14.6. The third-order valence-corrected chi connectivity index (χ3v) is 11.9. The first-order valence-corrected chi connectivity index (χ1v) is 22.9. The third-order valence-electron chi connectivity index (χ3n) is 11.4. The fourth-order valence-corrected chi connectivity index (χ4v) is 9.09. The van der Waals surface area contributed by atoms with E-state index in [2.05, 4.69) is 63.0 Å². The lowest BCUT2D eigenvalue weighted by molar-refractivity contribution is 0.0294. The number of esters is 1. The summed E-state index contributed by atoms with van der Waals surface area (Å²) in [5.74, 6) is 1.71. The van der Waals surface area contributed by atoms with E-state index in [1.165, 1.54) is 5.56 Å². The lowest BCUT2D eigenvalue weighted by Crippen LogP contribution is -2.35. The maximum atomic E-state index is 14.2. The van der Waals surface area contributed by atoms with Crippen LogP contribution in [0.4, 0.5) is 4.79 Å². The molecule has 4 aromatic carbocycles. The number of aromatic nitrogens is 3. The van der Waals surface area contributed by atoms with E-state index < -0.39 is 11.7 Å². The van der Waals surface area contributed by atoms with Gasteiger partial charge in [-0.2, -0.15) is 5.10 Å². The summed E-state index contributed by atoms with van der Waals surface area (Å²) >= 11 is 3.77. The monoisotopic (exact) mass is 906 g/mol. The van der Waals surface area contributed by atoms with Gasteiger partial charge in [0.05, 0.1) is 24.4 Å². The highest BCUT2D eigenvalue weighted by atomic mass is 79.9. The number of carbonyl (C=O) groups excluding carboxylic acids is 2. The number of alkyl halides is 1. The van der Waals surface area contributed by atoms with Crippen LogP contribution in [0.1, 0.15) is 92.3 Å². The Labute approximate surface area is 373 Å². The van der Waals surface area contributed by atoms with Crippen LogP contribution in [0.3, 0.4) is 0 Å². The van der Waals surface area contributed by atoms with Gasteiger partial charge in [-0.3, -0.25) is 4.68 Å². The summed E-state index contributed by atoms with van der Waals surface area (Å²) in [5.41, 5.74) is 6.63. The molecule has 0 unspecified atom stereocenters.